The van der Waals surface area contributed by atoms with Crippen molar-refractivity contribution in [1.29, 1.82) is 0 Å². The van der Waals surface area contributed by atoms with E-state index < -0.39 is 34.4 Å². The maximum Gasteiger partial charge on any atom is 0.190 e. The summed E-state index contributed by atoms with van der Waals surface area (Å²) < 4.78 is 0. The van der Waals surface area contributed by atoms with Crippen LogP contribution in [0.25, 0.3) is 0 Å². The second-order valence-electron chi connectivity index (χ2n) is 9.64. The number of hydrogen-bond acceptors (Lipinski definition) is 5. The van der Waals surface area contributed by atoms with Gasteiger partial charge in [-0.25, -0.2) is 0 Å². The molecular weight excluding hydrogens is 380 g/mol. The lowest BCUT2D eigenvalue weighted by Crippen LogP contribution is -2.66. The molecule has 4 aliphatic rings. The van der Waals surface area contributed by atoms with Crippen molar-refractivity contribution in [2.24, 2.45) is 29.1 Å². The first-order valence-corrected chi connectivity index (χ1v) is 10.6. The van der Waals surface area contributed by atoms with Crippen molar-refractivity contribution in [3.63, 3.8) is 0 Å². The molecule has 6 heteroatoms. The second-order valence-corrected chi connectivity index (χ2v) is 10.3. The minimum atomic E-state index is -1.67. The van der Waals surface area contributed by atoms with Gasteiger partial charge in [0.05, 0.1) is 11.0 Å². The van der Waals surface area contributed by atoms with Crippen molar-refractivity contribution >= 4 is 23.2 Å². The molecule has 28 heavy (non-hydrogen) atoms. The topological polar surface area (TPSA) is 94.8 Å². The fourth-order valence-electron chi connectivity index (χ4n) is 7.31. The largest absolute Gasteiger partial charge is 0.391 e. The Bertz CT molecular complexity index is 803. The zero-order valence-corrected chi connectivity index (χ0v) is 17.4. The average molecular weight is 409 g/mol. The Morgan fingerprint density at radius 3 is 2.64 bits per heavy atom. The number of aliphatic hydroxyl groups is 3. The van der Waals surface area contributed by atoms with Crippen molar-refractivity contribution in [1.82, 2.24) is 0 Å². The van der Waals surface area contributed by atoms with Crippen molar-refractivity contribution in [3.05, 3.63) is 23.3 Å². The fraction of sp³-hybridized carbons (Fsp3) is 0.727. The zero-order chi connectivity index (χ0) is 20.6. The van der Waals surface area contributed by atoms with E-state index in [1.54, 1.807) is 12.2 Å². The summed E-state index contributed by atoms with van der Waals surface area (Å²) >= 11 is 7.27. The second kappa shape index (κ2) is 6.24. The van der Waals surface area contributed by atoms with Gasteiger partial charge in [-0.3, -0.25) is 9.59 Å². The monoisotopic (exact) mass is 408 g/mol. The van der Waals surface area contributed by atoms with Gasteiger partial charge in [0.2, 0.25) is 0 Å². The van der Waals surface area contributed by atoms with Gasteiger partial charge >= 0.3 is 0 Å². The van der Waals surface area contributed by atoms with Gasteiger partial charge in [-0.1, -0.05) is 25.0 Å². The molecule has 0 saturated heterocycles. The van der Waals surface area contributed by atoms with E-state index in [0.29, 0.717) is 12.8 Å². The van der Waals surface area contributed by atoms with E-state index in [1.165, 1.54) is 0 Å². The van der Waals surface area contributed by atoms with Crippen LogP contribution in [0.15, 0.2) is 23.3 Å². The Kier molecular flexibility index (Phi) is 4.52. The number of carbonyl (C=O) groups excluding carboxylic acids is 2. The van der Waals surface area contributed by atoms with Crippen molar-refractivity contribution in [3.8, 4) is 0 Å². The quantitative estimate of drug-likeness (QED) is 0.608. The molecular formula is C22H29ClO5. The van der Waals surface area contributed by atoms with E-state index in [9.17, 15) is 24.9 Å². The molecule has 8 atom stereocenters. The predicted molar refractivity (Wildman–Crippen MR) is 105 cm³/mol. The summed E-state index contributed by atoms with van der Waals surface area (Å²) in [6.07, 6.45) is 4.56. The molecule has 8 unspecified atom stereocenters. The summed E-state index contributed by atoms with van der Waals surface area (Å²) in [5.74, 6) is -1.27. The molecule has 0 aliphatic heterocycles. The lowest BCUT2D eigenvalue weighted by molar-refractivity contribution is -0.176. The van der Waals surface area contributed by atoms with E-state index in [2.05, 4.69) is 0 Å². The molecule has 0 amide bonds. The molecule has 0 heterocycles. The number of allylic oxidation sites excluding steroid dienone is 4. The molecule has 4 aliphatic carbocycles. The van der Waals surface area contributed by atoms with Crippen molar-refractivity contribution in [2.45, 2.75) is 63.0 Å². The summed E-state index contributed by atoms with van der Waals surface area (Å²) in [6, 6.07) is 0. The van der Waals surface area contributed by atoms with Crippen LogP contribution < -0.4 is 0 Å². The van der Waals surface area contributed by atoms with Gasteiger partial charge in [0.25, 0.3) is 0 Å². The van der Waals surface area contributed by atoms with Crippen LogP contribution in [0.4, 0.5) is 0 Å². The third kappa shape index (κ3) is 2.25. The summed E-state index contributed by atoms with van der Waals surface area (Å²) in [6.45, 7) is 4.89. The van der Waals surface area contributed by atoms with Gasteiger partial charge in [-0.05, 0) is 62.5 Å². The van der Waals surface area contributed by atoms with Crippen LogP contribution >= 0.6 is 11.6 Å². The number of aliphatic hydroxyl groups excluding tert-OH is 2. The van der Waals surface area contributed by atoms with Crippen LogP contribution in [0.3, 0.4) is 0 Å². The first-order chi connectivity index (χ1) is 13.0. The highest BCUT2D eigenvalue weighted by atomic mass is 35.5. The van der Waals surface area contributed by atoms with Gasteiger partial charge in [0.1, 0.15) is 12.2 Å². The molecule has 0 spiro atoms. The molecule has 5 nitrogen and oxygen atoms in total. The van der Waals surface area contributed by atoms with Crippen LogP contribution in [-0.2, 0) is 9.59 Å². The Balaban J connectivity index is 1.81. The van der Waals surface area contributed by atoms with E-state index in [-0.39, 0.29) is 35.9 Å². The molecule has 0 radical (unpaired) electrons. The molecule has 0 bridgehead atoms. The SMILES string of the molecule is CC1=CC(=O)C=C2CCC3C4CC(C)C(O)(C(=O)CO)C4(C)CC(O)C3(Cl)C12. The normalized spacial score (nSPS) is 50.2. The zero-order valence-electron chi connectivity index (χ0n) is 16.6. The van der Waals surface area contributed by atoms with Gasteiger partial charge in [0, 0.05) is 11.3 Å². The molecule has 3 fully saturated rings. The summed E-state index contributed by atoms with van der Waals surface area (Å²) in [5.41, 5.74) is -0.670. The maximum absolute atomic E-state index is 12.6. The van der Waals surface area contributed by atoms with Gasteiger partial charge in [-0.2, -0.15) is 0 Å². The highest BCUT2D eigenvalue weighted by Crippen LogP contribution is 2.69. The molecule has 0 aromatic heterocycles. The van der Waals surface area contributed by atoms with Gasteiger partial charge in [0.15, 0.2) is 11.6 Å². The highest BCUT2D eigenvalue weighted by molar-refractivity contribution is 6.25. The Morgan fingerprint density at radius 2 is 2.00 bits per heavy atom. The number of hydrogen-bond donors (Lipinski definition) is 3. The maximum atomic E-state index is 12.6. The lowest BCUT2D eigenvalue weighted by atomic mass is 9.48. The Hall–Kier alpha value is -1.01. The van der Waals surface area contributed by atoms with Crippen molar-refractivity contribution in [2.75, 3.05) is 6.61 Å². The van der Waals surface area contributed by atoms with Crippen LogP contribution in [0.2, 0.25) is 0 Å². The number of rotatable bonds is 2. The molecule has 3 saturated carbocycles. The molecule has 0 aromatic rings. The minimum absolute atomic E-state index is 0.0324. The van der Waals surface area contributed by atoms with E-state index >= 15 is 0 Å². The van der Waals surface area contributed by atoms with Gasteiger partial charge < -0.3 is 15.3 Å². The molecule has 0 aromatic carbocycles. The summed E-state index contributed by atoms with van der Waals surface area (Å²) in [7, 11) is 0. The highest BCUT2D eigenvalue weighted by Gasteiger charge is 2.72. The van der Waals surface area contributed by atoms with E-state index in [1.807, 2.05) is 20.8 Å². The molecule has 154 valence electrons. The van der Waals surface area contributed by atoms with Crippen molar-refractivity contribution < 1.29 is 24.9 Å². The van der Waals surface area contributed by atoms with Crippen LogP contribution in [0.1, 0.15) is 46.5 Å². The van der Waals surface area contributed by atoms with E-state index in [4.69, 9.17) is 11.6 Å². The number of carbonyl (C=O) groups is 2. The predicted octanol–water partition coefficient (Wildman–Crippen LogP) is 2.17. The van der Waals surface area contributed by atoms with Crippen LogP contribution in [0.5, 0.6) is 0 Å². The Labute approximate surface area is 170 Å². The summed E-state index contributed by atoms with van der Waals surface area (Å²) in [5, 5.41) is 32.3. The Morgan fingerprint density at radius 1 is 1.32 bits per heavy atom. The smallest absolute Gasteiger partial charge is 0.190 e. The average Bonchev–Trinajstić information content (AvgIpc) is 2.82. The number of fused-ring (bicyclic) bond motifs is 5. The number of ketones is 2. The molecule has 4 rings (SSSR count). The van der Waals surface area contributed by atoms with E-state index in [0.717, 1.165) is 17.6 Å². The standard InChI is InChI=1S/C22H29ClO5/c1-11-6-14(25)8-13-4-5-15-16-7-12(2)22(28,18(27)10-24)20(16,3)9-17(26)21(15,23)19(11)13/h6,8,12,15-17,19,24,26,28H,4-5,7,9-10H2,1-3H3. The number of halogens is 1. The minimum Gasteiger partial charge on any atom is -0.391 e. The number of Topliss-reactive ketones (excluding diaryl/α,β-unsaturated/α-hetero) is 1. The third-order valence-corrected chi connectivity index (χ3v) is 9.22. The number of alkyl halides is 1. The third-order valence-electron chi connectivity index (χ3n) is 8.47. The lowest BCUT2D eigenvalue weighted by Gasteiger charge is -2.61. The molecule has 3 N–H and O–H groups in total. The van der Waals surface area contributed by atoms with Gasteiger partial charge in [-0.15, -0.1) is 11.6 Å². The summed E-state index contributed by atoms with van der Waals surface area (Å²) in [4.78, 5) is 23.6. The fourth-order valence-corrected chi connectivity index (χ4v) is 7.96. The first-order valence-electron chi connectivity index (χ1n) is 10.2. The first kappa shape index (κ1) is 20.3. The van der Waals surface area contributed by atoms with Crippen LogP contribution in [-0.4, -0.2) is 50.1 Å². The van der Waals surface area contributed by atoms with Crippen LogP contribution in [0, 0.1) is 29.1 Å².